The normalized spacial score (nSPS) is 11.1. The van der Waals surface area contributed by atoms with Gasteiger partial charge in [0.15, 0.2) is 5.82 Å². The van der Waals surface area contributed by atoms with Gasteiger partial charge in [-0.1, -0.05) is 0 Å². The van der Waals surface area contributed by atoms with Gasteiger partial charge in [-0.15, -0.1) is 0 Å². The van der Waals surface area contributed by atoms with E-state index >= 15 is 0 Å². The minimum absolute atomic E-state index is 0.255. The van der Waals surface area contributed by atoms with Crippen LogP contribution in [0, 0.1) is 0 Å². The van der Waals surface area contributed by atoms with Crippen LogP contribution in [0.4, 0.5) is 0 Å². The van der Waals surface area contributed by atoms with E-state index in [2.05, 4.69) is 55.8 Å². The highest BCUT2D eigenvalue weighted by atomic mass is 79.9. The maximum Gasteiger partial charge on any atom is 0.165 e. The Morgan fingerprint density at radius 3 is 2.52 bits per heavy atom. The Morgan fingerprint density at radius 1 is 1.29 bits per heavy atom. The highest BCUT2D eigenvalue weighted by molar-refractivity contribution is 9.11. The van der Waals surface area contributed by atoms with Gasteiger partial charge in [0.05, 0.1) is 8.95 Å². The second-order valence-corrected chi connectivity index (χ2v) is 6.64. The predicted molar refractivity (Wildman–Crippen MR) is 89.3 cm³/mol. The zero-order valence-electron chi connectivity index (χ0n) is 12.0. The number of hydrogen-bond acceptors (Lipinski definition) is 4. The predicted octanol–water partition coefficient (Wildman–Crippen LogP) is 3.46. The van der Waals surface area contributed by atoms with Crippen molar-refractivity contribution in [3.05, 3.63) is 38.8 Å². The van der Waals surface area contributed by atoms with E-state index < -0.39 is 0 Å². The molecule has 0 unspecified atom stereocenters. The van der Waals surface area contributed by atoms with Gasteiger partial charge in [0.1, 0.15) is 18.7 Å². The number of ether oxygens (including phenoxy) is 1. The van der Waals surface area contributed by atoms with Gasteiger partial charge < -0.3 is 10.5 Å². The van der Waals surface area contributed by atoms with Crippen molar-refractivity contribution in [2.24, 2.45) is 5.73 Å². The Bertz CT molecular complexity index is 590. The van der Waals surface area contributed by atoms with Gasteiger partial charge in [-0.2, -0.15) is 5.10 Å². The highest BCUT2D eigenvalue weighted by Gasteiger charge is 2.12. The first kappa shape index (κ1) is 16.5. The van der Waals surface area contributed by atoms with Crippen LogP contribution in [0.2, 0.25) is 0 Å². The maximum absolute atomic E-state index is 5.89. The molecular weight excluding hydrogens is 400 g/mol. The van der Waals surface area contributed by atoms with Gasteiger partial charge in [-0.25, -0.2) is 9.67 Å². The summed E-state index contributed by atoms with van der Waals surface area (Å²) in [5, 5.41) is 4.20. The summed E-state index contributed by atoms with van der Waals surface area (Å²) < 4.78 is 9.54. The Hall–Kier alpha value is -0.920. The number of benzene rings is 1. The molecule has 2 aromatic rings. The quantitative estimate of drug-likeness (QED) is 0.781. The van der Waals surface area contributed by atoms with E-state index in [-0.39, 0.29) is 6.04 Å². The third-order valence-electron chi connectivity index (χ3n) is 2.97. The molecule has 0 aliphatic carbocycles. The highest BCUT2D eigenvalue weighted by Crippen LogP contribution is 2.35. The van der Waals surface area contributed by atoms with Gasteiger partial charge >= 0.3 is 0 Å². The summed E-state index contributed by atoms with van der Waals surface area (Å²) in [5.74, 6) is 1.56. The van der Waals surface area contributed by atoms with E-state index in [1.165, 1.54) is 0 Å². The van der Waals surface area contributed by atoms with Crippen LogP contribution in [0.15, 0.2) is 27.4 Å². The number of halogens is 2. The van der Waals surface area contributed by atoms with Crippen molar-refractivity contribution in [2.75, 3.05) is 6.54 Å². The topological polar surface area (TPSA) is 66.0 Å². The van der Waals surface area contributed by atoms with Crippen LogP contribution in [-0.4, -0.2) is 21.3 Å². The van der Waals surface area contributed by atoms with E-state index in [4.69, 9.17) is 10.5 Å². The molecule has 0 saturated carbocycles. The van der Waals surface area contributed by atoms with Gasteiger partial charge in [0.2, 0.25) is 0 Å². The van der Waals surface area contributed by atoms with Crippen LogP contribution in [0.1, 0.15) is 31.3 Å². The number of hydrogen-bond donors (Lipinski definition) is 1. The van der Waals surface area contributed by atoms with Crippen LogP contribution in [-0.2, 0) is 13.0 Å². The summed E-state index contributed by atoms with van der Waals surface area (Å²) >= 11 is 7.08. The molecule has 0 radical (unpaired) electrons. The second-order valence-electron chi connectivity index (χ2n) is 4.93. The van der Waals surface area contributed by atoms with E-state index in [1.807, 2.05) is 16.8 Å². The molecule has 0 atom stereocenters. The van der Waals surface area contributed by atoms with E-state index in [9.17, 15) is 0 Å². The zero-order chi connectivity index (χ0) is 15.4. The fourth-order valence-electron chi connectivity index (χ4n) is 2.01. The van der Waals surface area contributed by atoms with Gasteiger partial charge in [0.25, 0.3) is 0 Å². The molecule has 7 heteroatoms. The summed E-state index contributed by atoms with van der Waals surface area (Å²) in [7, 11) is 0. The van der Waals surface area contributed by atoms with E-state index in [0.29, 0.717) is 13.2 Å². The van der Waals surface area contributed by atoms with Crippen molar-refractivity contribution in [1.29, 1.82) is 0 Å². The molecule has 0 bridgehead atoms. The molecule has 1 aromatic carbocycles. The fraction of sp³-hybridized carbons (Fsp3) is 0.429. The molecular formula is C14H18Br2N4O. The third kappa shape index (κ3) is 4.05. The molecule has 0 aliphatic heterocycles. The second kappa shape index (κ2) is 7.38. The summed E-state index contributed by atoms with van der Waals surface area (Å²) in [6.07, 6.45) is 2.38. The van der Waals surface area contributed by atoms with E-state index in [1.54, 1.807) is 6.33 Å². The van der Waals surface area contributed by atoms with Crippen LogP contribution >= 0.6 is 31.9 Å². The number of rotatable bonds is 6. The lowest BCUT2D eigenvalue weighted by molar-refractivity contribution is 0.279. The van der Waals surface area contributed by atoms with E-state index in [0.717, 1.165) is 32.5 Å². The van der Waals surface area contributed by atoms with Crippen molar-refractivity contribution in [1.82, 2.24) is 14.8 Å². The molecule has 2 rings (SSSR count). The van der Waals surface area contributed by atoms with Crippen molar-refractivity contribution in [2.45, 2.75) is 32.9 Å². The molecule has 1 heterocycles. The molecule has 0 fully saturated rings. The van der Waals surface area contributed by atoms with Crippen molar-refractivity contribution < 1.29 is 4.74 Å². The molecule has 2 N–H and O–H groups in total. The first-order valence-corrected chi connectivity index (χ1v) is 8.30. The summed E-state index contributed by atoms with van der Waals surface area (Å²) in [5.41, 5.74) is 6.75. The number of aromatic nitrogens is 3. The molecule has 0 aliphatic rings. The first-order chi connectivity index (χ1) is 10.0. The fourth-order valence-corrected chi connectivity index (χ4v) is 3.52. The SMILES string of the molecule is CC(C)n1ncnc1COc1c(Br)cc(CCN)cc1Br. The van der Waals surface area contributed by atoms with Crippen molar-refractivity contribution in [3.63, 3.8) is 0 Å². The Morgan fingerprint density at radius 2 is 1.95 bits per heavy atom. The molecule has 1 aromatic heterocycles. The van der Waals surface area contributed by atoms with Gasteiger partial charge in [0, 0.05) is 6.04 Å². The average molecular weight is 418 g/mol. The van der Waals surface area contributed by atoms with Crippen LogP contribution in [0.3, 0.4) is 0 Å². The third-order valence-corrected chi connectivity index (χ3v) is 4.15. The molecule has 5 nitrogen and oxygen atoms in total. The lowest BCUT2D eigenvalue weighted by Crippen LogP contribution is -2.11. The maximum atomic E-state index is 5.89. The van der Waals surface area contributed by atoms with Crippen molar-refractivity contribution in [3.8, 4) is 5.75 Å². The van der Waals surface area contributed by atoms with Crippen LogP contribution in [0.25, 0.3) is 0 Å². The molecule has 0 amide bonds. The first-order valence-electron chi connectivity index (χ1n) is 6.72. The smallest absolute Gasteiger partial charge is 0.165 e. The molecule has 114 valence electrons. The number of nitrogens with two attached hydrogens (primary N) is 1. The molecule has 0 saturated heterocycles. The largest absolute Gasteiger partial charge is 0.483 e. The molecule has 0 spiro atoms. The lowest BCUT2D eigenvalue weighted by Gasteiger charge is -2.13. The summed E-state index contributed by atoms with van der Waals surface area (Å²) in [4.78, 5) is 4.24. The monoisotopic (exact) mass is 416 g/mol. The Labute approximate surface area is 141 Å². The lowest BCUT2D eigenvalue weighted by atomic mass is 10.1. The summed E-state index contributed by atoms with van der Waals surface area (Å²) in [6.45, 7) is 5.11. The summed E-state index contributed by atoms with van der Waals surface area (Å²) in [6, 6.07) is 4.31. The van der Waals surface area contributed by atoms with Crippen LogP contribution in [0.5, 0.6) is 5.75 Å². The minimum atomic E-state index is 0.255. The van der Waals surface area contributed by atoms with Gasteiger partial charge in [-0.3, -0.25) is 0 Å². The number of nitrogens with zero attached hydrogens (tertiary/aromatic N) is 3. The Kier molecular flexibility index (Phi) is 5.78. The standard InChI is InChI=1S/C14H18Br2N4O/c1-9(2)20-13(18-8-19-20)7-21-14-11(15)5-10(3-4-17)6-12(14)16/h5-6,8-9H,3-4,7,17H2,1-2H3. The minimum Gasteiger partial charge on any atom is -0.483 e. The average Bonchev–Trinajstić information content (AvgIpc) is 2.86. The van der Waals surface area contributed by atoms with Gasteiger partial charge in [-0.05, 0) is 76.4 Å². The zero-order valence-corrected chi connectivity index (χ0v) is 15.2. The van der Waals surface area contributed by atoms with Crippen LogP contribution < -0.4 is 10.5 Å². The molecule has 21 heavy (non-hydrogen) atoms. The van der Waals surface area contributed by atoms with Crippen molar-refractivity contribution >= 4 is 31.9 Å². The Balaban J connectivity index is 2.15.